The van der Waals surface area contributed by atoms with Crippen molar-refractivity contribution in [2.75, 3.05) is 18.5 Å². The van der Waals surface area contributed by atoms with Crippen LogP contribution in [-0.2, 0) is 0 Å². The number of aliphatic hydroxyl groups excluding tert-OH is 1. The molecule has 2 nitrogen and oxygen atoms in total. The van der Waals surface area contributed by atoms with Crippen molar-refractivity contribution in [1.29, 1.82) is 0 Å². The lowest BCUT2D eigenvalue weighted by molar-refractivity contribution is 0.174. The third-order valence-electron chi connectivity index (χ3n) is 2.81. The number of rotatable bonds is 4. The first-order valence-electron chi connectivity index (χ1n) is 6.33. The normalized spacial score (nSPS) is 13.5. The predicted octanol–water partition coefficient (Wildman–Crippen LogP) is 3.61. The van der Waals surface area contributed by atoms with Crippen molar-refractivity contribution < 1.29 is 5.11 Å². The van der Waals surface area contributed by atoms with Crippen molar-refractivity contribution in [3.63, 3.8) is 0 Å². The fourth-order valence-electron chi connectivity index (χ4n) is 2.13. The lowest BCUT2D eigenvalue weighted by Gasteiger charge is -2.30. The molecule has 0 aliphatic carbocycles. The Kier molecular flexibility index (Phi) is 4.58. The minimum absolute atomic E-state index is 0.249. The van der Waals surface area contributed by atoms with Gasteiger partial charge in [-0.15, -0.1) is 0 Å². The van der Waals surface area contributed by atoms with Gasteiger partial charge in [0, 0.05) is 24.8 Å². The van der Waals surface area contributed by atoms with E-state index < -0.39 is 0 Å². The summed E-state index contributed by atoms with van der Waals surface area (Å²) in [5, 5.41) is 10.0. The second-order valence-corrected chi connectivity index (χ2v) is 5.90. The first-order valence-corrected chi connectivity index (χ1v) is 6.33. The Morgan fingerprint density at radius 2 is 1.82 bits per heavy atom. The van der Waals surface area contributed by atoms with Crippen molar-refractivity contribution in [3.05, 3.63) is 29.8 Å². The number of hydrogen-bond acceptors (Lipinski definition) is 2. The van der Waals surface area contributed by atoms with Crippen molar-refractivity contribution in [2.24, 2.45) is 5.41 Å². The zero-order valence-electron chi connectivity index (χ0n) is 11.7. The van der Waals surface area contributed by atoms with Gasteiger partial charge in [0.2, 0.25) is 0 Å². The minimum Gasteiger partial charge on any atom is -0.388 e. The summed E-state index contributed by atoms with van der Waals surface area (Å²) in [6, 6.07) is 8.12. The molecule has 0 saturated heterocycles. The summed E-state index contributed by atoms with van der Waals surface area (Å²) in [5.74, 6) is 0. The molecule has 0 saturated carbocycles. The quantitative estimate of drug-likeness (QED) is 0.861. The van der Waals surface area contributed by atoms with Gasteiger partial charge in [0.05, 0.1) is 6.10 Å². The molecule has 0 aliphatic heterocycles. The number of aliphatic hydroxyl groups is 1. The van der Waals surface area contributed by atoms with Crippen LogP contribution in [0.4, 0.5) is 5.69 Å². The molecule has 0 fully saturated rings. The number of anilines is 1. The standard InChI is InChI=1S/C15H25NO/c1-6-14(17)12-9-7-8-10-13(12)16(5)11-15(2,3)4/h7-10,14,17H,6,11H2,1-5H3/t14-/m0/s1. The lowest BCUT2D eigenvalue weighted by atomic mass is 9.95. The molecular weight excluding hydrogens is 210 g/mol. The maximum atomic E-state index is 10.0. The molecule has 96 valence electrons. The van der Waals surface area contributed by atoms with Crippen molar-refractivity contribution in [3.8, 4) is 0 Å². The molecule has 2 heteroatoms. The second kappa shape index (κ2) is 5.54. The van der Waals surface area contributed by atoms with Gasteiger partial charge in [0.1, 0.15) is 0 Å². The van der Waals surface area contributed by atoms with Gasteiger partial charge < -0.3 is 10.0 Å². The van der Waals surface area contributed by atoms with E-state index in [1.165, 1.54) is 0 Å². The molecule has 0 bridgehead atoms. The molecule has 0 aromatic heterocycles. The number of benzene rings is 1. The molecule has 1 aromatic carbocycles. The molecule has 1 N–H and O–H groups in total. The molecule has 1 atom stereocenters. The van der Waals surface area contributed by atoms with E-state index in [0.29, 0.717) is 0 Å². The third-order valence-corrected chi connectivity index (χ3v) is 2.81. The number of hydrogen-bond donors (Lipinski definition) is 1. The maximum absolute atomic E-state index is 10.0. The summed E-state index contributed by atoms with van der Waals surface area (Å²) in [7, 11) is 2.09. The van der Waals surface area contributed by atoms with Crippen LogP contribution in [0.3, 0.4) is 0 Å². The van der Waals surface area contributed by atoms with E-state index in [2.05, 4.69) is 38.8 Å². The Morgan fingerprint density at radius 1 is 1.24 bits per heavy atom. The van der Waals surface area contributed by atoms with Gasteiger partial charge in [0.25, 0.3) is 0 Å². The monoisotopic (exact) mass is 235 g/mol. The highest BCUT2D eigenvalue weighted by Gasteiger charge is 2.17. The minimum atomic E-state index is -0.367. The van der Waals surface area contributed by atoms with Crippen LogP contribution in [-0.4, -0.2) is 18.7 Å². The van der Waals surface area contributed by atoms with Gasteiger partial charge in [-0.25, -0.2) is 0 Å². The van der Waals surface area contributed by atoms with Crippen LogP contribution in [0.2, 0.25) is 0 Å². The Bertz CT molecular complexity index is 354. The molecule has 0 spiro atoms. The van der Waals surface area contributed by atoms with Crippen molar-refractivity contribution in [2.45, 2.75) is 40.2 Å². The molecule has 0 unspecified atom stereocenters. The highest BCUT2D eigenvalue weighted by atomic mass is 16.3. The van der Waals surface area contributed by atoms with Gasteiger partial charge in [-0.1, -0.05) is 45.9 Å². The average molecular weight is 235 g/mol. The lowest BCUT2D eigenvalue weighted by Crippen LogP contribution is -2.30. The fourth-order valence-corrected chi connectivity index (χ4v) is 2.13. The van der Waals surface area contributed by atoms with Gasteiger partial charge in [-0.2, -0.15) is 0 Å². The molecular formula is C15H25NO. The number of nitrogens with zero attached hydrogens (tertiary/aromatic N) is 1. The topological polar surface area (TPSA) is 23.5 Å². The zero-order chi connectivity index (χ0) is 13.1. The zero-order valence-corrected chi connectivity index (χ0v) is 11.7. The van der Waals surface area contributed by atoms with Crippen LogP contribution in [0.1, 0.15) is 45.8 Å². The van der Waals surface area contributed by atoms with E-state index in [1.807, 2.05) is 25.1 Å². The van der Waals surface area contributed by atoms with E-state index in [4.69, 9.17) is 0 Å². The van der Waals surface area contributed by atoms with E-state index in [-0.39, 0.29) is 11.5 Å². The van der Waals surface area contributed by atoms with Gasteiger partial charge in [-0.05, 0) is 17.9 Å². The van der Waals surface area contributed by atoms with Crippen LogP contribution in [0.25, 0.3) is 0 Å². The number of para-hydroxylation sites is 1. The second-order valence-electron chi connectivity index (χ2n) is 5.90. The first kappa shape index (κ1) is 14.0. The summed E-state index contributed by atoms with van der Waals surface area (Å²) in [4.78, 5) is 2.23. The fraction of sp³-hybridized carbons (Fsp3) is 0.600. The summed E-state index contributed by atoms with van der Waals surface area (Å²) >= 11 is 0. The van der Waals surface area contributed by atoms with Gasteiger partial charge >= 0.3 is 0 Å². The predicted molar refractivity (Wildman–Crippen MR) is 74.4 cm³/mol. The largest absolute Gasteiger partial charge is 0.388 e. The molecule has 0 heterocycles. The van der Waals surface area contributed by atoms with E-state index >= 15 is 0 Å². The third kappa shape index (κ3) is 4.04. The van der Waals surface area contributed by atoms with Crippen LogP contribution in [0.15, 0.2) is 24.3 Å². The van der Waals surface area contributed by atoms with E-state index in [9.17, 15) is 5.11 Å². The summed E-state index contributed by atoms with van der Waals surface area (Å²) in [6.45, 7) is 9.65. The summed E-state index contributed by atoms with van der Waals surface area (Å²) < 4.78 is 0. The van der Waals surface area contributed by atoms with Crippen molar-refractivity contribution >= 4 is 5.69 Å². The van der Waals surface area contributed by atoms with Crippen LogP contribution < -0.4 is 4.90 Å². The molecule has 1 aromatic rings. The highest BCUT2D eigenvalue weighted by Crippen LogP contribution is 2.29. The van der Waals surface area contributed by atoms with Crippen LogP contribution >= 0.6 is 0 Å². The Morgan fingerprint density at radius 3 is 2.35 bits per heavy atom. The average Bonchev–Trinajstić information content (AvgIpc) is 2.25. The van der Waals surface area contributed by atoms with Crippen LogP contribution in [0, 0.1) is 5.41 Å². The van der Waals surface area contributed by atoms with Gasteiger partial charge in [-0.3, -0.25) is 0 Å². The van der Waals surface area contributed by atoms with E-state index in [0.717, 1.165) is 24.2 Å². The van der Waals surface area contributed by atoms with E-state index in [1.54, 1.807) is 0 Å². The highest BCUT2D eigenvalue weighted by molar-refractivity contribution is 5.54. The van der Waals surface area contributed by atoms with Crippen LogP contribution in [0.5, 0.6) is 0 Å². The smallest absolute Gasteiger partial charge is 0.0807 e. The van der Waals surface area contributed by atoms with Gasteiger partial charge in [0.15, 0.2) is 0 Å². The Labute approximate surface area is 105 Å². The maximum Gasteiger partial charge on any atom is 0.0807 e. The molecule has 1 rings (SSSR count). The molecule has 17 heavy (non-hydrogen) atoms. The van der Waals surface area contributed by atoms with Crippen molar-refractivity contribution in [1.82, 2.24) is 0 Å². The molecule has 0 radical (unpaired) electrons. The first-order chi connectivity index (χ1) is 7.85. The Hall–Kier alpha value is -1.02. The summed E-state index contributed by atoms with van der Waals surface area (Å²) in [6.07, 6.45) is 0.383. The Balaban J connectivity index is 2.97. The summed E-state index contributed by atoms with van der Waals surface area (Å²) in [5.41, 5.74) is 2.41. The molecule has 0 amide bonds. The molecule has 0 aliphatic rings. The SMILES string of the molecule is CC[C@H](O)c1ccccc1N(C)CC(C)(C)C.